The highest BCUT2D eigenvalue weighted by atomic mass is 32.2. The lowest BCUT2D eigenvalue weighted by atomic mass is 9.86. The minimum absolute atomic E-state index is 0.142. The first-order valence-corrected chi connectivity index (χ1v) is 11.4. The highest BCUT2D eigenvalue weighted by Crippen LogP contribution is 2.39. The van der Waals surface area contributed by atoms with Gasteiger partial charge in [-0.2, -0.15) is 4.98 Å². The van der Waals surface area contributed by atoms with Crippen LogP contribution in [0.2, 0.25) is 0 Å². The first-order valence-electron chi connectivity index (χ1n) is 10.4. The summed E-state index contributed by atoms with van der Waals surface area (Å²) >= 11 is 1.46. The van der Waals surface area contributed by atoms with Gasteiger partial charge < -0.3 is 19.4 Å². The number of amides is 1. The van der Waals surface area contributed by atoms with Gasteiger partial charge in [0.15, 0.2) is 16.7 Å². The molecule has 0 spiro atoms. The number of thioether (sulfide) groups is 1. The molecular formula is C24H25N3O4S. The van der Waals surface area contributed by atoms with Gasteiger partial charge in [-0.25, -0.2) is 0 Å². The standard InChI is InChI=1S/C24H25N3O4S/c1-4-31-19-12-16(10-11-18(19)30-3)17-13-20(28)25-22-21(17)23(29)26-24(27(22)2)32-14-15-8-6-5-7-9-15/h5-12,17H,4,13-14H2,1-3H3,(H,25,28)/t17-/m0/s1. The zero-order valence-electron chi connectivity index (χ0n) is 18.3. The molecule has 1 aromatic heterocycles. The molecule has 1 aliphatic heterocycles. The number of hydrogen-bond acceptors (Lipinski definition) is 6. The van der Waals surface area contributed by atoms with Crippen LogP contribution in [0.1, 0.15) is 36.0 Å². The maximum atomic E-state index is 13.1. The number of carbonyl (C=O) groups excluding carboxylic acids is 1. The van der Waals surface area contributed by atoms with Crippen molar-refractivity contribution in [3.63, 3.8) is 0 Å². The van der Waals surface area contributed by atoms with E-state index in [1.54, 1.807) is 17.7 Å². The molecule has 0 saturated carbocycles. The van der Waals surface area contributed by atoms with E-state index in [-0.39, 0.29) is 17.9 Å². The van der Waals surface area contributed by atoms with Gasteiger partial charge in [-0.3, -0.25) is 9.59 Å². The third-order valence-corrected chi connectivity index (χ3v) is 6.50. The Kier molecular flexibility index (Phi) is 6.50. The summed E-state index contributed by atoms with van der Waals surface area (Å²) in [5.41, 5.74) is 2.11. The highest BCUT2D eigenvalue weighted by Gasteiger charge is 2.32. The van der Waals surface area contributed by atoms with Crippen LogP contribution in [0.5, 0.6) is 11.5 Å². The monoisotopic (exact) mass is 451 g/mol. The number of hydrogen-bond donors (Lipinski definition) is 1. The van der Waals surface area contributed by atoms with E-state index >= 15 is 0 Å². The summed E-state index contributed by atoms with van der Waals surface area (Å²) in [5, 5.41) is 3.44. The van der Waals surface area contributed by atoms with Gasteiger partial charge in [-0.05, 0) is 30.2 Å². The van der Waals surface area contributed by atoms with E-state index in [1.165, 1.54) is 11.8 Å². The molecule has 166 valence electrons. The zero-order valence-corrected chi connectivity index (χ0v) is 19.1. The minimum Gasteiger partial charge on any atom is -0.493 e. The number of methoxy groups -OCH3 is 1. The quantitative estimate of drug-likeness (QED) is 0.433. The second-order valence-electron chi connectivity index (χ2n) is 7.44. The van der Waals surface area contributed by atoms with Gasteiger partial charge in [0, 0.05) is 25.1 Å². The molecule has 0 aliphatic carbocycles. The SMILES string of the molecule is CCOc1cc([C@@H]2CC(=O)Nc3c2c(=O)nc(SCc2ccccc2)n3C)ccc1OC. The Hall–Kier alpha value is -3.26. The summed E-state index contributed by atoms with van der Waals surface area (Å²) < 4.78 is 12.9. The van der Waals surface area contributed by atoms with E-state index in [4.69, 9.17) is 9.47 Å². The number of ether oxygens (including phenoxy) is 2. The summed E-state index contributed by atoms with van der Waals surface area (Å²) in [6.45, 7) is 2.37. The Labute approximate surface area is 190 Å². The maximum absolute atomic E-state index is 13.1. The summed E-state index contributed by atoms with van der Waals surface area (Å²) in [4.78, 5) is 30.1. The first kappa shape index (κ1) is 22.0. The van der Waals surface area contributed by atoms with Crippen molar-refractivity contribution in [2.24, 2.45) is 7.05 Å². The van der Waals surface area contributed by atoms with Crippen molar-refractivity contribution in [3.05, 3.63) is 75.6 Å². The Bertz CT molecular complexity index is 1190. The van der Waals surface area contributed by atoms with Crippen LogP contribution in [0.15, 0.2) is 58.5 Å². The molecule has 0 radical (unpaired) electrons. The fraction of sp³-hybridized carbons (Fsp3) is 0.292. The van der Waals surface area contributed by atoms with Crippen LogP contribution in [-0.4, -0.2) is 29.2 Å². The van der Waals surface area contributed by atoms with Crippen molar-refractivity contribution in [1.82, 2.24) is 9.55 Å². The number of nitrogens with zero attached hydrogens (tertiary/aromatic N) is 2. The normalized spacial score (nSPS) is 15.1. The molecule has 0 fully saturated rings. The van der Waals surface area contributed by atoms with Gasteiger partial charge in [0.25, 0.3) is 5.56 Å². The van der Waals surface area contributed by atoms with Crippen LogP contribution in [0, 0.1) is 0 Å². The average molecular weight is 452 g/mol. The van der Waals surface area contributed by atoms with Gasteiger partial charge in [0.1, 0.15) is 5.82 Å². The summed E-state index contributed by atoms with van der Waals surface area (Å²) in [6.07, 6.45) is 0.165. The number of rotatable bonds is 7. The minimum atomic E-state index is -0.414. The van der Waals surface area contributed by atoms with Gasteiger partial charge in [-0.15, -0.1) is 0 Å². The second-order valence-corrected chi connectivity index (χ2v) is 8.39. The molecule has 8 heteroatoms. The van der Waals surface area contributed by atoms with Crippen molar-refractivity contribution in [2.45, 2.75) is 30.2 Å². The van der Waals surface area contributed by atoms with Gasteiger partial charge in [0.2, 0.25) is 5.91 Å². The van der Waals surface area contributed by atoms with E-state index in [9.17, 15) is 9.59 Å². The number of benzene rings is 2. The van der Waals surface area contributed by atoms with Gasteiger partial charge in [0.05, 0.1) is 19.3 Å². The third-order valence-electron chi connectivity index (χ3n) is 5.40. The van der Waals surface area contributed by atoms with E-state index < -0.39 is 5.92 Å². The van der Waals surface area contributed by atoms with Gasteiger partial charge in [-0.1, -0.05) is 48.2 Å². The molecule has 1 amide bonds. The summed E-state index contributed by atoms with van der Waals surface area (Å²) in [7, 11) is 3.40. The summed E-state index contributed by atoms with van der Waals surface area (Å²) in [6, 6.07) is 15.5. The van der Waals surface area contributed by atoms with E-state index in [0.29, 0.717) is 40.4 Å². The predicted molar refractivity (Wildman–Crippen MR) is 125 cm³/mol. The fourth-order valence-electron chi connectivity index (χ4n) is 3.85. The second kappa shape index (κ2) is 9.48. The van der Waals surface area contributed by atoms with Crippen LogP contribution < -0.4 is 20.3 Å². The summed E-state index contributed by atoms with van der Waals surface area (Å²) in [5.74, 6) is 1.80. The lowest BCUT2D eigenvalue weighted by Crippen LogP contribution is -2.33. The van der Waals surface area contributed by atoms with Crippen LogP contribution in [0.3, 0.4) is 0 Å². The Morgan fingerprint density at radius 1 is 1.16 bits per heavy atom. The molecule has 4 rings (SSSR count). The van der Waals surface area contributed by atoms with Crippen LogP contribution >= 0.6 is 11.8 Å². The van der Waals surface area contributed by atoms with E-state index in [1.807, 2.05) is 56.4 Å². The predicted octanol–water partition coefficient (Wildman–Crippen LogP) is 3.95. The first-order chi connectivity index (χ1) is 15.5. The van der Waals surface area contributed by atoms with Crippen molar-refractivity contribution in [2.75, 3.05) is 19.0 Å². The van der Waals surface area contributed by atoms with Crippen molar-refractivity contribution < 1.29 is 14.3 Å². The molecule has 3 aromatic rings. The number of carbonyl (C=O) groups is 1. The van der Waals surface area contributed by atoms with Gasteiger partial charge >= 0.3 is 0 Å². The molecule has 1 atom stereocenters. The van der Waals surface area contributed by atoms with Crippen molar-refractivity contribution in [3.8, 4) is 11.5 Å². The highest BCUT2D eigenvalue weighted by molar-refractivity contribution is 7.98. The van der Waals surface area contributed by atoms with Crippen molar-refractivity contribution in [1.29, 1.82) is 0 Å². The Morgan fingerprint density at radius 3 is 2.66 bits per heavy atom. The van der Waals surface area contributed by atoms with Crippen LogP contribution in [0.4, 0.5) is 5.82 Å². The Balaban J connectivity index is 1.73. The zero-order chi connectivity index (χ0) is 22.7. The molecule has 2 heterocycles. The number of fused-ring (bicyclic) bond motifs is 1. The molecular weight excluding hydrogens is 426 g/mol. The molecule has 0 saturated heterocycles. The molecule has 1 aliphatic rings. The van der Waals surface area contributed by atoms with E-state index in [2.05, 4.69) is 10.3 Å². The van der Waals surface area contributed by atoms with Crippen LogP contribution in [0.25, 0.3) is 0 Å². The number of anilines is 1. The number of nitrogens with one attached hydrogen (secondary N) is 1. The molecule has 2 aromatic carbocycles. The molecule has 1 N–H and O–H groups in total. The Morgan fingerprint density at radius 2 is 1.94 bits per heavy atom. The number of aromatic nitrogens is 2. The fourth-order valence-corrected chi connectivity index (χ4v) is 4.77. The molecule has 7 nitrogen and oxygen atoms in total. The van der Waals surface area contributed by atoms with E-state index in [0.717, 1.165) is 11.1 Å². The topological polar surface area (TPSA) is 82.5 Å². The van der Waals surface area contributed by atoms with Crippen molar-refractivity contribution >= 4 is 23.5 Å². The lowest BCUT2D eigenvalue weighted by molar-refractivity contribution is -0.116. The average Bonchev–Trinajstić information content (AvgIpc) is 2.80. The lowest BCUT2D eigenvalue weighted by Gasteiger charge is -2.28. The smallest absolute Gasteiger partial charge is 0.279 e. The van der Waals surface area contributed by atoms with Crippen LogP contribution in [-0.2, 0) is 17.6 Å². The third kappa shape index (κ3) is 4.36. The maximum Gasteiger partial charge on any atom is 0.279 e. The molecule has 0 bridgehead atoms. The largest absolute Gasteiger partial charge is 0.493 e. The molecule has 32 heavy (non-hydrogen) atoms. The molecule has 0 unspecified atom stereocenters.